The topological polar surface area (TPSA) is 103 Å². The van der Waals surface area contributed by atoms with Crippen molar-refractivity contribution in [2.24, 2.45) is 0 Å². The van der Waals surface area contributed by atoms with Crippen molar-refractivity contribution in [3.63, 3.8) is 0 Å². The molecule has 0 radical (unpaired) electrons. The second-order valence-corrected chi connectivity index (χ2v) is 8.33. The zero-order valence-electron chi connectivity index (χ0n) is 19.4. The summed E-state index contributed by atoms with van der Waals surface area (Å²) in [6.45, 7) is 0. The smallest absolute Gasteiger partial charge is 0.183 e. The first-order valence-electron chi connectivity index (χ1n) is 11.7. The molecule has 0 aliphatic rings. The van der Waals surface area contributed by atoms with Crippen molar-refractivity contribution >= 4 is 22.1 Å². The molecule has 0 N–H and O–H groups in total. The van der Waals surface area contributed by atoms with Crippen molar-refractivity contribution < 1.29 is 4.42 Å². The molecule has 0 amide bonds. The Morgan fingerprint density at radius 2 is 1.05 bits per heavy atom. The number of fused-ring (bicyclic) bond motifs is 3. The first-order valence-corrected chi connectivity index (χ1v) is 11.7. The van der Waals surface area contributed by atoms with E-state index >= 15 is 0 Å². The van der Waals surface area contributed by atoms with Gasteiger partial charge in [0.2, 0.25) is 0 Å². The SMILES string of the molecule is c1ccc(-c2nc(-c3ccccc3)nc(-c3cnc(-c4ncnc5c4oc4ccccc45)nc3)n2)cc1. The van der Waals surface area contributed by atoms with Crippen molar-refractivity contribution in [3.8, 4) is 45.7 Å². The Balaban J connectivity index is 1.33. The molecule has 0 aliphatic carbocycles. The summed E-state index contributed by atoms with van der Waals surface area (Å²) < 4.78 is 6.04. The van der Waals surface area contributed by atoms with E-state index in [1.807, 2.05) is 84.9 Å². The highest BCUT2D eigenvalue weighted by Crippen LogP contribution is 2.32. The number of hydrogen-bond donors (Lipinski definition) is 0. The minimum absolute atomic E-state index is 0.427. The molecule has 8 heteroatoms. The molecule has 8 nitrogen and oxygen atoms in total. The van der Waals surface area contributed by atoms with Crippen LogP contribution in [0.4, 0.5) is 0 Å². The van der Waals surface area contributed by atoms with Gasteiger partial charge in [-0.1, -0.05) is 72.8 Å². The normalized spacial score (nSPS) is 11.2. The highest BCUT2D eigenvalue weighted by molar-refractivity contribution is 6.05. The van der Waals surface area contributed by atoms with Crippen LogP contribution < -0.4 is 0 Å². The first kappa shape index (κ1) is 21.0. The van der Waals surface area contributed by atoms with Crippen LogP contribution in [0.1, 0.15) is 0 Å². The van der Waals surface area contributed by atoms with Gasteiger partial charge >= 0.3 is 0 Å². The van der Waals surface area contributed by atoms with Crippen molar-refractivity contribution in [1.29, 1.82) is 0 Å². The number of benzene rings is 3. The first-order chi connectivity index (χ1) is 18.3. The van der Waals surface area contributed by atoms with E-state index < -0.39 is 0 Å². The third-order valence-electron chi connectivity index (χ3n) is 5.98. The van der Waals surface area contributed by atoms with Crippen LogP contribution in [0.15, 0.2) is 108 Å². The summed E-state index contributed by atoms with van der Waals surface area (Å²) in [5.41, 5.74) is 5.00. The molecule has 0 bridgehead atoms. The Bertz CT molecular complexity index is 1810. The van der Waals surface area contributed by atoms with E-state index in [0.717, 1.165) is 27.6 Å². The molecular weight excluding hydrogens is 462 g/mol. The number of para-hydroxylation sites is 1. The molecule has 7 aromatic rings. The van der Waals surface area contributed by atoms with E-state index in [4.69, 9.17) is 19.4 Å². The Morgan fingerprint density at radius 3 is 1.70 bits per heavy atom. The number of rotatable bonds is 4. The van der Waals surface area contributed by atoms with Crippen LogP contribution in [-0.4, -0.2) is 34.9 Å². The van der Waals surface area contributed by atoms with E-state index in [2.05, 4.69) is 19.9 Å². The maximum atomic E-state index is 6.04. The lowest BCUT2D eigenvalue weighted by Crippen LogP contribution is -2.01. The molecule has 0 aliphatic heterocycles. The summed E-state index contributed by atoms with van der Waals surface area (Å²) >= 11 is 0. The fraction of sp³-hybridized carbons (Fsp3) is 0. The van der Waals surface area contributed by atoms with Crippen molar-refractivity contribution in [2.75, 3.05) is 0 Å². The van der Waals surface area contributed by atoms with Gasteiger partial charge in [0, 0.05) is 28.9 Å². The molecule has 37 heavy (non-hydrogen) atoms. The quantitative estimate of drug-likeness (QED) is 0.302. The van der Waals surface area contributed by atoms with Gasteiger partial charge in [-0.3, -0.25) is 0 Å². The van der Waals surface area contributed by atoms with Gasteiger partial charge in [-0.2, -0.15) is 0 Å². The van der Waals surface area contributed by atoms with Crippen molar-refractivity contribution in [2.45, 2.75) is 0 Å². The summed E-state index contributed by atoms with van der Waals surface area (Å²) in [4.78, 5) is 32.2. The standard InChI is InChI=1S/C29H17N7O/c1-3-9-18(10-4-1)26-34-27(19-11-5-2-6-12-19)36-28(35-26)20-15-30-29(31-16-20)24-25-23(32-17-33-24)21-13-7-8-14-22(21)37-25/h1-17H. The molecule has 4 heterocycles. The number of aromatic nitrogens is 7. The van der Waals surface area contributed by atoms with E-state index in [9.17, 15) is 0 Å². The molecule has 0 fully saturated rings. The van der Waals surface area contributed by atoms with Gasteiger partial charge in [-0.25, -0.2) is 34.9 Å². The van der Waals surface area contributed by atoms with Crippen LogP contribution in [0.25, 0.3) is 67.8 Å². The van der Waals surface area contributed by atoms with Crippen LogP contribution in [0, 0.1) is 0 Å². The summed E-state index contributed by atoms with van der Waals surface area (Å²) in [5, 5.41) is 0.921. The Labute approximate surface area is 210 Å². The van der Waals surface area contributed by atoms with Gasteiger partial charge in [0.1, 0.15) is 17.4 Å². The second kappa shape index (κ2) is 8.69. The molecule has 0 saturated carbocycles. The molecule has 4 aromatic heterocycles. The molecule has 7 rings (SSSR count). The maximum absolute atomic E-state index is 6.04. The fourth-order valence-electron chi connectivity index (χ4n) is 4.19. The van der Waals surface area contributed by atoms with Gasteiger partial charge in [-0.15, -0.1) is 0 Å². The van der Waals surface area contributed by atoms with Crippen LogP contribution >= 0.6 is 0 Å². The van der Waals surface area contributed by atoms with Gasteiger partial charge in [0.15, 0.2) is 34.6 Å². The molecular formula is C29H17N7O. The third-order valence-corrected chi connectivity index (χ3v) is 5.98. The lowest BCUT2D eigenvalue weighted by molar-refractivity contribution is 0.666. The van der Waals surface area contributed by atoms with E-state index in [1.54, 1.807) is 12.4 Å². The average Bonchev–Trinajstić information content (AvgIpc) is 3.37. The summed E-state index contributed by atoms with van der Waals surface area (Å²) in [7, 11) is 0. The molecule has 174 valence electrons. The van der Waals surface area contributed by atoms with Crippen LogP contribution in [0.5, 0.6) is 0 Å². The van der Waals surface area contributed by atoms with Gasteiger partial charge in [0.25, 0.3) is 0 Å². The largest absolute Gasteiger partial charge is 0.452 e. The summed E-state index contributed by atoms with van der Waals surface area (Å²) in [6, 6.07) is 27.4. The van der Waals surface area contributed by atoms with Gasteiger partial charge in [-0.05, 0) is 12.1 Å². The van der Waals surface area contributed by atoms with Crippen molar-refractivity contribution in [1.82, 2.24) is 34.9 Å². The monoisotopic (exact) mass is 479 g/mol. The van der Waals surface area contributed by atoms with Gasteiger partial charge < -0.3 is 4.42 Å². The van der Waals surface area contributed by atoms with Crippen LogP contribution in [-0.2, 0) is 0 Å². The second-order valence-electron chi connectivity index (χ2n) is 8.33. The molecule has 0 atom stereocenters. The van der Waals surface area contributed by atoms with Crippen LogP contribution in [0.2, 0.25) is 0 Å². The zero-order chi connectivity index (χ0) is 24.6. The minimum atomic E-state index is 0.427. The number of hydrogen-bond acceptors (Lipinski definition) is 8. The van der Waals surface area contributed by atoms with Gasteiger partial charge in [0.05, 0.1) is 5.56 Å². The lowest BCUT2D eigenvalue weighted by atomic mass is 10.2. The number of furan rings is 1. The average molecular weight is 480 g/mol. The highest BCUT2D eigenvalue weighted by Gasteiger charge is 2.17. The molecule has 0 saturated heterocycles. The molecule has 0 spiro atoms. The van der Waals surface area contributed by atoms with E-state index in [-0.39, 0.29) is 0 Å². The summed E-state index contributed by atoms with van der Waals surface area (Å²) in [5.74, 6) is 2.06. The Hall–Kier alpha value is -5.37. The van der Waals surface area contributed by atoms with E-state index in [0.29, 0.717) is 40.1 Å². The molecule has 0 unspecified atom stereocenters. The molecule has 3 aromatic carbocycles. The predicted octanol–water partition coefficient (Wildman–Crippen LogP) is 6.02. The Kier molecular flexibility index (Phi) is 4.92. The zero-order valence-corrected chi connectivity index (χ0v) is 19.4. The predicted molar refractivity (Wildman–Crippen MR) is 140 cm³/mol. The minimum Gasteiger partial charge on any atom is -0.452 e. The van der Waals surface area contributed by atoms with Crippen molar-refractivity contribution in [3.05, 3.63) is 104 Å². The van der Waals surface area contributed by atoms with E-state index in [1.165, 1.54) is 6.33 Å². The highest BCUT2D eigenvalue weighted by atomic mass is 16.3. The Morgan fingerprint density at radius 1 is 0.486 bits per heavy atom. The summed E-state index contributed by atoms with van der Waals surface area (Å²) in [6.07, 6.45) is 4.89. The fourth-order valence-corrected chi connectivity index (χ4v) is 4.19. The maximum Gasteiger partial charge on any atom is 0.183 e. The number of nitrogens with zero attached hydrogens (tertiary/aromatic N) is 7. The third kappa shape index (κ3) is 3.77. The lowest BCUT2D eigenvalue weighted by Gasteiger charge is -2.08. The van der Waals surface area contributed by atoms with Crippen LogP contribution in [0.3, 0.4) is 0 Å².